The van der Waals surface area contributed by atoms with Crippen LogP contribution in [-0.4, -0.2) is 14.2 Å². The molecular formula is C7H6BN. The van der Waals surface area contributed by atoms with Crippen LogP contribution in [0.5, 0.6) is 0 Å². The van der Waals surface area contributed by atoms with Crippen molar-refractivity contribution in [1.82, 2.24) is 0 Å². The molecule has 0 saturated carbocycles. The van der Waals surface area contributed by atoms with Crippen LogP contribution in [0.4, 0.5) is 0 Å². The van der Waals surface area contributed by atoms with E-state index in [4.69, 9.17) is 7.98 Å². The largest absolute Gasteiger partial charge is 0.363 e. The normalized spacial score (nSPS) is 10.2. The summed E-state index contributed by atoms with van der Waals surface area (Å²) in [6, 6.07) is 9.72. The van der Waals surface area contributed by atoms with Gasteiger partial charge in [0, 0.05) is 6.21 Å². The molecule has 0 heterocycles. The zero-order valence-electron chi connectivity index (χ0n) is 4.99. The highest BCUT2D eigenvalue weighted by Crippen LogP contribution is 1.92. The number of hydrogen-bond donors (Lipinski definition) is 0. The molecule has 42 valence electrons. The minimum absolute atomic E-state index is 1.03. The lowest BCUT2D eigenvalue weighted by molar-refractivity contribution is 1.67. The van der Waals surface area contributed by atoms with Gasteiger partial charge in [0.15, 0.2) is 0 Å². The zero-order valence-corrected chi connectivity index (χ0v) is 4.99. The first kappa shape index (κ1) is 6.08. The molecule has 1 aromatic rings. The van der Waals surface area contributed by atoms with Gasteiger partial charge in [-0.15, -0.1) is 0 Å². The molecule has 0 fully saturated rings. The molecule has 0 unspecified atom stereocenters. The minimum atomic E-state index is 1.03. The van der Waals surface area contributed by atoms with Gasteiger partial charge in [0.2, 0.25) is 0 Å². The third-order valence-electron chi connectivity index (χ3n) is 1.02. The smallest absolute Gasteiger partial charge is 0.259 e. The van der Waals surface area contributed by atoms with E-state index in [0.29, 0.717) is 0 Å². The van der Waals surface area contributed by atoms with Gasteiger partial charge >= 0.3 is 0 Å². The maximum Gasteiger partial charge on any atom is 0.259 e. The summed E-state index contributed by atoms with van der Waals surface area (Å²) in [6.07, 6.45) is 1.61. The van der Waals surface area contributed by atoms with Crippen LogP contribution >= 0.6 is 0 Å². The van der Waals surface area contributed by atoms with Gasteiger partial charge in [-0.05, 0) is 5.56 Å². The summed E-state index contributed by atoms with van der Waals surface area (Å²) in [5.41, 5.74) is 1.03. The molecule has 1 rings (SSSR count). The summed E-state index contributed by atoms with van der Waals surface area (Å²) in [6.45, 7) is 0. The van der Waals surface area contributed by atoms with Crippen molar-refractivity contribution in [3.63, 3.8) is 0 Å². The Labute approximate surface area is 55.9 Å². The second kappa shape index (κ2) is 3.08. The molecule has 0 aliphatic carbocycles. The van der Waals surface area contributed by atoms with Crippen LogP contribution in [-0.2, 0) is 0 Å². The highest BCUT2D eigenvalue weighted by Gasteiger charge is 1.78. The summed E-state index contributed by atoms with van der Waals surface area (Å²) in [4.78, 5) is 3.38. The Morgan fingerprint density at radius 1 is 1.22 bits per heavy atom. The fourth-order valence-electron chi connectivity index (χ4n) is 0.625. The van der Waals surface area contributed by atoms with Gasteiger partial charge in [0.1, 0.15) is 0 Å². The third-order valence-corrected chi connectivity index (χ3v) is 1.02. The molecule has 1 aromatic carbocycles. The van der Waals surface area contributed by atoms with Gasteiger partial charge in [-0.2, -0.15) is 0 Å². The molecule has 0 bridgehead atoms. The molecule has 1 nitrogen and oxygen atoms in total. The van der Waals surface area contributed by atoms with Crippen molar-refractivity contribution in [3.8, 4) is 0 Å². The van der Waals surface area contributed by atoms with E-state index in [1.54, 1.807) is 6.21 Å². The van der Waals surface area contributed by atoms with Crippen molar-refractivity contribution in [1.29, 1.82) is 0 Å². The Morgan fingerprint density at radius 3 is 2.44 bits per heavy atom. The second-order valence-corrected chi connectivity index (χ2v) is 1.69. The average Bonchev–Trinajstić information content (AvgIpc) is 1.91. The lowest BCUT2D eigenvalue weighted by Gasteiger charge is -1.86. The third kappa shape index (κ3) is 1.72. The van der Waals surface area contributed by atoms with E-state index in [1.165, 1.54) is 0 Å². The van der Waals surface area contributed by atoms with Crippen LogP contribution in [0.2, 0.25) is 0 Å². The van der Waals surface area contributed by atoms with Gasteiger partial charge in [-0.1, -0.05) is 30.3 Å². The molecule has 0 aromatic heterocycles. The molecule has 0 amide bonds. The van der Waals surface area contributed by atoms with Crippen LogP contribution in [0.25, 0.3) is 0 Å². The highest BCUT2D eigenvalue weighted by molar-refractivity contribution is 6.11. The molecule has 2 radical (unpaired) electrons. The van der Waals surface area contributed by atoms with Gasteiger partial charge in [0.05, 0.1) is 0 Å². The first-order valence-electron chi connectivity index (χ1n) is 2.72. The summed E-state index contributed by atoms with van der Waals surface area (Å²) in [7, 11) is 4.93. The summed E-state index contributed by atoms with van der Waals surface area (Å²) in [5, 5.41) is 0. The fourth-order valence-corrected chi connectivity index (χ4v) is 0.625. The van der Waals surface area contributed by atoms with Crippen LogP contribution < -0.4 is 0 Å². The number of benzene rings is 1. The lowest BCUT2D eigenvalue weighted by Crippen LogP contribution is -1.76. The standard InChI is InChI=1S/C7H6BN/c8-9-6-7-4-2-1-3-5-7/h1-6H. The summed E-state index contributed by atoms with van der Waals surface area (Å²) in [5.74, 6) is 0. The van der Waals surface area contributed by atoms with E-state index in [1.807, 2.05) is 30.3 Å². The molecule has 2 heteroatoms. The van der Waals surface area contributed by atoms with Gasteiger partial charge < -0.3 is 4.90 Å². The number of rotatable bonds is 1. The number of nitrogens with zero attached hydrogens (tertiary/aromatic N) is 1. The van der Waals surface area contributed by atoms with E-state index < -0.39 is 0 Å². The predicted octanol–water partition coefficient (Wildman–Crippen LogP) is 1.19. The first-order chi connectivity index (χ1) is 4.43. The maximum atomic E-state index is 4.93. The minimum Gasteiger partial charge on any atom is -0.363 e. The Morgan fingerprint density at radius 2 is 1.89 bits per heavy atom. The lowest BCUT2D eigenvalue weighted by atomic mass is 10.2. The van der Waals surface area contributed by atoms with Crippen molar-refractivity contribution in [2.75, 3.05) is 0 Å². The van der Waals surface area contributed by atoms with Crippen LogP contribution in [0.3, 0.4) is 0 Å². The van der Waals surface area contributed by atoms with Gasteiger partial charge in [-0.25, -0.2) is 0 Å². The van der Waals surface area contributed by atoms with E-state index >= 15 is 0 Å². The van der Waals surface area contributed by atoms with Crippen molar-refractivity contribution < 1.29 is 0 Å². The van der Waals surface area contributed by atoms with Crippen molar-refractivity contribution in [3.05, 3.63) is 35.9 Å². The molecule has 0 spiro atoms. The Balaban J connectivity index is 2.85. The summed E-state index contributed by atoms with van der Waals surface area (Å²) < 4.78 is 0. The molecule has 0 atom stereocenters. The zero-order chi connectivity index (χ0) is 6.53. The van der Waals surface area contributed by atoms with E-state index in [0.717, 1.165) is 5.56 Å². The number of hydrogen-bond acceptors (Lipinski definition) is 1. The molecule has 0 N–H and O–H groups in total. The second-order valence-electron chi connectivity index (χ2n) is 1.69. The monoisotopic (exact) mass is 115 g/mol. The molecular weight excluding hydrogens is 109 g/mol. The average molecular weight is 115 g/mol. The molecule has 0 aliphatic heterocycles. The molecule has 0 saturated heterocycles. The highest BCUT2D eigenvalue weighted by atomic mass is 14.5. The maximum absolute atomic E-state index is 4.93. The van der Waals surface area contributed by atoms with Crippen LogP contribution in [0.15, 0.2) is 35.2 Å². The van der Waals surface area contributed by atoms with Gasteiger partial charge in [-0.3, -0.25) is 0 Å². The molecule has 0 aliphatic rings. The fraction of sp³-hybridized carbons (Fsp3) is 0. The first-order valence-corrected chi connectivity index (χ1v) is 2.72. The summed E-state index contributed by atoms with van der Waals surface area (Å²) >= 11 is 0. The van der Waals surface area contributed by atoms with E-state index in [2.05, 4.69) is 4.90 Å². The van der Waals surface area contributed by atoms with Crippen LogP contribution in [0, 0.1) is 0 Å². The topological polar surface area (TPSA) is 12.4 Å². The quantitative estimate of drug-likeness (QED) is 0.385. The van der Waals surface area contributed by atoms with Gasteiger partial charge in [0.25, 0.3) is 7.98 Å². The Bertz CT molecular complexity index is 193. The van der Waals surface area contributed by atoms with Crippen molar-refractivity contribution >= 4 is 14.2 Å². The van der Waals surface area contributed by atoms with Crippen molar-refractivity contribution in [2.45, 2.75) is 0 Å². The predicted molar refractivity (Wildman–Crippen MR) is 39.8 cm³/mol. The Kier molecular flexibility index (Phi) is 2.08. The van der Waals surface area contributed by atoms with E-state index in [9.17, 15) is 0 Å². The van der Waals surface area contributed by atoms with Crippen LogP contribution in [0.1, 0.15) is 5.56 Å². The Hall–Kier alpha value is -1.05. The van der Waals surface area contributed by atoms with Crippen molar-refractivity contribution in [2.24, 2.45) is 4.90 Å². The van der Waals surface area contributed by atoms with E-state index in [-0.39, 0.29) is 0 Å². The SMILES string of the molecule is [B]N=Cc1ccccc1. The molecule has 9 heavy (non-hydrogen) atoms.